The Morgan fingerprint density at radius 3 is 2.55 bits per heavy atom. The van der Waals surface area contributed by atoms with Gasteiger partial charge >= 0.3 is 0 Å². The van der Waals surface area contributed by atoms with Crippen LogP contribution in [0.25, 0.3) is 0 Å². The third-order valence-electron chi connectivity index (χ3n) is 4.04. The van der Waals surface area contributed by atoms with Crippen LogP contribution in [0.15, 0.2) is 18.2 Å². The van der Waals surface area contributed by atoms with Crippen molar-refractivity contribution in [2.75, 3.05) is 32.8 Å². The normalized spacial score (nSPS) is 21.2. The van der Waals surface area contributed by atoms with Crippen molar-refractivity contribution in [3.05, 3.63) is 23.8 Å². The number of benzene rings is 1. The van der Waals surface area contributed by atoms with E-state index in [9.17, 15) is 5.11 Å². The minimum atomic E-state index is -0.453. The number of fused-ring (bicyclic) bond motifs is 1. The summed E-state index contributed by atoms with van der Waals surface area (Å²) >= 11 is 0. The molecule has 2 aliphatic heterocycles. The van der Waals surface area contributed by atoms with Crippen molar-refractivity contribution in [2.45, 2.75) is 31.8 Å². The average molecular weight is 277 g/mol. The number of β-amino-alcohol motifs (C(OH)–C–C–N with tert-alkyl or cyclic N) is 1. The predicted molar refractivity (Wildman–Crippen MR) is 77.3 cm³/mol. The first kappa shape index (κ1) is 13.7. The Morgan fingerprint density at radius 1 is 1.00 bits per heavy atom. The zero-order valence-corrected chi connectivity index (χ0v) is 11.9. The Balaban J connectivity index is 1.67. The summed E-state index contributed by atoms with van der Waals surface area (Å²) in [5.41, 5.74) is 0.917. The average Bonchev–Trinajstić information content (AvgIpc) is 2.72. The van der Waals surface area contributed by atoms with Gasteiger partial charge in [-0.2, -0.15) is 0 Å². The molecule has 1 unspecified atom stereocenters. The lowest BCUT2D eigenvalue weighted by Gasteiger charge is -2.28. The molecule has 4 nitrogen and oxygen atoms in total. The van der Waals surface area contributed by atoms with Crippen LogP contribution in [0.3, 0.4) is 0 Å². The summed E-state index contributed by atoms with van der Waals surface area (Å²) in [4.78, 5) is 2.34. The molecule has 1 aromatic rings. The molecule has 0 spiro atoms. The van der Waals surface area contributed by atoms with Gasteiger partial charge in [0.05, 0.1) is 19.3 Å². The lowest BCUT2D eigenvalue weighted by molar-refractivity contribution is 0.101. The van der Waals surface area contributed by atoms with Gasteiger partial charge in [0, 0.05) is 13.0 Å². The molecule has 0 aliphatic carbocycles. The highest BCUT2D eigenvalue weighted by molar-refractivity contribution is 5.44. The number of hydrogen-bond donors (Lipinski definition) is 1. The molecule has 1 saturated heterocycles. The van der Waals surface area contributed by atoms with E-state index in [1.165, 1.54) is 19.3 Å². The van der Waals surface area contributed by atoms with Crippen molar-refractivity contribution >= 4 is 0 Å². The third-order valence-corrected chi connectivity index (χ3v) is 4.04. The highest BCUT2D eigenvalue weighted by Crippen LogP contribution is 2.32. The van der Waals surface area contributed by atoms with Crippen molar-refractivity contribution in [3.8, 4) is 11.5 Å². The summed E-state index contributed by atoms with van der Waals surface area (Å²) in [6, 6.07) is 5.78. The second kappa shape index (κ2) is 6.46. The number of nitrogens with zero attached hydrogens (tertiary/aromatic N) is 1. The lowest BCUT2D eigenvalue weighted by atomic mass is 10.1. The van der Waals surface area contributed by atoms with Crippen LogP contribution in [-0.2, 0) is 0 Å². The first-order valence-electron chi connectivity index (χ1n) is 7.63. The fourth-order valence-corrected chi connectivity index (χ4v) is 2.88. The lowest BCUT2D eigenvalue weighted by Crippen LogP contribution is -2.33. The Kier molecular flexibility index (Phi) is 4.43. The smallest absolute Gasteiger partial charge is 0.161 e. The highest BCUT2D eigenvalue weighted by atomic mass is 16.5. The van der Waals surface area contributed by atoms with Gasteiger partial charge in [-0.15, -0.1) is 0 Å². The monoisotopic (exact) mass is 277 g/mol. The van der Waals surface area contributed by atoms with Gasteiger partial charge in [0.15, 0.2) is 11.5 Å². The molecule has 3 rings (SSSR count). The van der Waals surface area contributed by atoms with Crippen molar-refractivity contribution < 1.29 is 14.6 Å². The molecule has 0 amide bonds. The molecule has 110 valence electrons. The number of hydrogen-bond acceptors (Lipinski definition) is 4. The number of likely N-dealkylation sites (tertiary alicyclic amines) is 1. The molecule has 2 heterocycles. The van der Waals surface area contributed by atoms with Gasteiger partial charge in [-0.3, -0.25) is 0 Å². The number of ether oxygens (including phenoxy) is 2. The molecule has 0 saturated carbocycles. The molecule has 0 radical (unpaired) electrons. The zero-order valence-electron chi connectivity index (χ0n) is 11.9. The van der Waals surface area contributed by atoms with Gasteiger partial charge < -0.3 is 19.5 Å². The van der Waals surface area contributed by atoms with Crippen LogP contribution in [0.4, 0.5) is 0 Å². The standard InChI is InChI=1S/C16H23NO3/c18-14(12-17-7-2-1-3-8-17)13-5-6-15-16(11-13)20-10-4-9-19-15/h5-6,11,14,18H,1-4,7-10,12H2. The van der Waals surface area contributed by atoms with Crippen molar-refractivity contribution in [1.82, 2.24) is 4.90 Å². The van der Waals surface area contributed by atoms with E-state index in [0.717, 1.165) is 36.6 Å². The first-order chi connectivity index (χ1) is 9.83. The maximum Gasteiger partial charge on any atom is 0.161 e. The molecule has 1 atom stereocenters. The van der Waals surface area contributed by atoms with Gasteiger partial charge in [-0.05, 0) is 43.6 Å². The molecular weight excluding hydrogens is 254 g/mol. The molecule has 0 aromatic heterocycles. The van der Waals surface area contributed by atoms with Crippen LogP contribution in [0, 0.1) is 0 Å². The quantitative estimate of drug-likeness (QED) is 0.921. The zero-order chi connectivity index (χ0) is 13.8. The SMILES string of the molecule is OC(CN1CCCCC1)c1ccc2c(c1)OCCCO2. The predicted octanol–water partition coefficient (Wildman–Crippen LogP) is 2.37. The summed E-state index contributed by atoms with van der Waals surface area (Å²) in [5, 5.41) is 10.4. The minimum absolute atomic E-state index is 0.453. The number of aliphatic hydroxyl groups is 1. The van der Waals surface area contributed by atoms with Crippen LogP contribution < -0.4 is 9.47 Å². The van der Waals surface area contributed by atoms with Crippen molar-refractivity contribution in [1.29, 1.82) is 0 Å². The molecule has 0 bridgehead atoms. The summed E-state index contributed by atoms with van der Waals surface area (Å²) < 4.78 is 11.3. The van der Waals surface area contributed by atoms with Gasteiger partial charge in [0.25, 0.3) is 0 Å². The Labute approximate surface area is 120 Å². The maximum absolute atomic E-state index is 10.4. The molecule has 2 aliphatic rings. The Hall–Kier alpha value is -1.26. The van der Waals surface area contributed by atoms with E-state index >= 15 is 0 Å². The molecule has 1 fully saturated rings. The van der Waals surface area contributed by atoms with Crippen LogP contribution in [0.1, 0.15) is 37.4 Å². The number of rotatable bonds is 3. The summed E-state index contributed by atoms with van der Waals surface area (Å²) in [6.07, 6.45) is 4.25. The van der Waals surface area contributed by atoms with Crippen molar-refractivity contribution in [3.63, 3.8) is 0 Å². The van der Waals surface area contributed by atoms with E-state index < -0.39 is 6.10 Å². The topological polar surface area (TPSA) is 41.9 Å². The first-order valence-corrected chi connectivity index (χ1v) is 7.63. The summed E-state index contributed by atoms with van der Waals surface area (Å²) in [5.74, 6) is 1.55. The number of aliphatic hydroxyl groups excluding tert-OH is 1. The van der Waals surface area contributed by atoms with Crippen LogP contribution in [0.5, 0.6) is 11.5 Å². The molecule has 1 aromatic carbocycles. The minimum Gasteiger partial charge on any atom is -0.490 e. The van der Waals surface area contributed by atoms with Gasteiger partial charge in [0.2, 0.25) is 0 Å². The number of piperidine rings is 1. The molecule has 4 heteroatoms. The molecular formula is C16H23NO3. The highest BCUT2D eigenvalue weighted by Gasteiger charge is 2.18. The second-order valence-electron chi connectivity index (χ2n) is 5.63. The maximum atomic E-state index is 10.4. The van der Waals surface area contributed by atoms with E-state index in [0.29, 0.717) is 19.8 Å². The fraction of sp³-hybridized carbons (Fsp3) is 0.625. The van der Waals surface area contributed by atoms with Crippen molar-refractivity contribution in [2.24, 2.45) is 0 Å². The van der Waals surface area contributed by atoms with Gasteiger partial charge in [-0.1, -0.05) is 12.5 Å². The second-order valence-corrected chi connectivity index (χ2v) is 5.63. The molecule has 1 N–H and O–H groups in total. The van der Waals surface area contributed by atoms with Gasteiger partial charge in [0.1, 0.15) is 0 Å². The van der Waals surface area contributed by atoms with Crippen LogP contribution >= 0.6 is 0 Å². The van der Waals surface area contributed by atoms with E-state index in [1.807, 2.05) is 18.2 Å². The Morgan fingerprint density at radius 2 is 1.75 bits per heavy atom. The summed E-state index contributed by atoms with van der Waals surface area (Å²) in [7, 11) is 0. The fourth-order valence-electron chi connectivity index (χ4n) is 2.88. The summed E-state index contributed by atoms with van der Waals surface area (Å²) in [6.45, 7) is 4.28. The third kappa shape index (κ3) is 3.25. The molecule has 20 heavy (non-hydrogen) atoms. The van der Waals surface area contributed by atoms with Gasteiger partial charge in [-0.25, -0.2) is 0 Å². The van der Waals surface area contributed by atoms with Crippen LogP contribution in [0.2, 0.25) is 0 Å². The largest absolute Gasteiger partial charge is 0.490 e. The van der Waals surface area contributed by atoms with E-state index in [1.54, 1.807) is 0 Å². The van der Waals surface area contributed by atoms with E-state index in [-0.39, 0.29) is 0 Å². The van der Waals surface area contributed by atoms with E-state index in [2.05, 4.69) is 4.90 Å². The van der Waals surface area contributed by atoms with E-state index in [4.69, 9.17) is 9.47 Å². The Bertz CT molecular complexity index is 443. The van der Waals surface area contributed by atoms with Crippen LogP contribution in [-0.4, -0.2) is 42.9 Å².